The summed E-state index contributed by atoms with van der Waals surface area (Å²) in [5.74, 6) is 1.10. The van der Waals surface area contributed by atoms with Crippen LogP contribution in [0.4, 0.5) is 0 Å². The Hall–Kier alpha value is -1.54. The summed E-state index contributed by atoms with van der Waals surface area (Å²) in [7, 11) is 0. The lowest BCUT2D eigenvalue weighted by Gasteiger charge is -2.25. The largest absolute Gasteiger partial charge is 0.268 e. The van der Waals surface area contributed by atoms with Gasteiger partial charge in [-0.25, -0.2) is 0 Å². The molecule has 25 heavy (non-hydrogen) atoms. The third kappa shape index (κ3) is 3.42. The molecular weight excluding hydrogens is 361 g/mol. The minimum Gasteiger partial charge on any atom is -0.268 e. The summed E-state index contributed by atoms with van der Waals surface area (Å²) in [6, 6.07) is 32.9. The first kappa shape index (κ1) is 16.9. The second-order valence-corrected chi connectivity index (χ2v) is 12.6. The van der Waals surface area contributed by atoms with Crippen LogP contribution in [-0.2, 0) is 0 Å². The highest BCUT2D eigenvalue weighted by molar-refractivity contribution is 8.79. The fourth-order valence-electron chi connectivity index (χ4n) is 3.01. The van der Waals surface area contributed by atoms with E-state index in [4.69, 9.17) is 4.99 Å². The molecule has 4 heteroatoms. The lowest BCUT2D eigenvalue weighted by Crippen LogP contribution is -2.29. The monoisotopic (exact) mass is 380 g/mol. The molecule has 1 aliphatic heterocycles. The molecule has 0 spiro atoms. The molecule has 3 aromatic rings. The van der Waals surface area contributed by atoms with Crippen molar-refractivity contribution in [3.63, 3.8) is 0 Å². The van der Waals surface area contributed by atoms with Gasteiger partial charge in [-0.05, 0) is 36.4 Å². The van der Waals surface area contributed by atoms with Crippen LogP contribution < -0.4 is 15.9 Å². The van der Waals surface area contributed by atoms with Crippen LogP contribution in [0.25, 0.3) is 0 Å². The van der Waals surface area contributed by atoms with Crippen LogP contribution in [0.3, 0.4) is 0 Å². The Bertz CT molecular complexity index is 754. The van der Waals surface area contributed by atoms with Crippen LogP contribution in [0.2, 0.25) is 0 Å². The summed E-state index contributed by atoms with van der Waals surface area (Å²) in [5, 5.41) is 4.19. The molecule has 0 N–H and O–H groups in total. The van der Waals surface area contributed by atoms with Gasteiger partial charge in [-0.1, -0.05) is 66.4 Å². The van der Waals surface area contributed by atoms with E-state index in [9.17, 15) is 0 Å². The molecule has 1 heterocycles. The lowest BCUT2D eigenvalue weighted by molar-refractivity contribution is 1.18. The summed E-state index contributed by atoms with van der Waals surface area (Å²) in [6.07, 6.45) is 0. The van der Waals surface area contributed by atoms with E-state index in [1.807, 2.05) is 23.1 Å². The van der Waals surface area contributed by atoms with Gasteiger partial charge in [0.2, 0.25) is 0 Å². The SMILES string of the molecule is c1ccc([P+](SC2=NCCS2)(c2ccccc2)c2ccccc2)cc1. The van der Waals surface area contributed by atoms with Gasteiger partial charge in [0.1, 0.15) is 15.9 Å². The highest BCUT2D eigenvalue weighted by atomic mass is 32.7. The highest BCUT2D eigenvalue weighted by Crippen LogP contribution is 2.68. The Morgan fingerprint density at radius 3 is 1.48 bits per heavy atom. The zero-order chi connectivity index (χ0) is 17.0. The molecule has 3 aromatic carbocycles. The second kappa shape index (κ2) is 7.78. The molecule has 1 aliphatic rings. The van der Waals surface area contributed by atoms with E-state index in [1.165, 1.54) is 20.3 Å². The van der Waals surface area contributed by atoms with E-state index in [-0.39, 0.29) is 0 Å². The first-order valence-electron chi connectivity index (χ1n) is 8.32. The number of benzene rings is 3. The van der Waals surface area contributed by atoms with Gasteiger partial charge >= 0.3 is 0 Å². The topological polar surface area (TPSA) is 12.4 Å². The average Bonchev–Trinajstić information content (AvgIpc) is 3.21. The molecule has 1 nitrogen and oxygen atoms in total. The van der Waals surface area contributed by atoms with E-state index in [0.29, 0.717) is 0 Å². The molecule has 124 valence electrons. The quantitative estimate of drug-likeness (QED) is 0.607. The van der Waals surface area contributed by atoms with Crippen LogP contribution in [0.5, 0.6) is 0 Å². The summed E-state index contributed by atoms with van der Waals surface area (Å²) in [4.78, 5) is 4.77. The Morgan fingerprint density at radius 2 is 1.12 bits per heavy atom. The lowest BCUT2D eigenvalue weighted by atomic mass is 10.4. The molecular formula is C21H19NPS2+. The average molecular weight is 380 g/mol. The maximum atomic E-state index is 4.77. The number of rotatable bonds is 4. The molecule has 0 saturated carbocycles. The minimum absolute atomic E-state index is 0.936. The molecule has 0 saturated heterocycles. The maximum absolute atomic E-state index is 4.77. The smallest absolute Gasteiger partial charge is 0.178 e. The van der Waals surface area contributed by atoms with E-state index < -0.39 is 6.46 Å². The van der Waals surface area contributed by atoms with Crippen molar-refractivity contribution in [3.8, 4) is 0 Å². The van der Waals surface area contributed by atoms with Crippen molar-refractivity contribution in [1.82, 2.24) is 0 Å². The van der Waals surface area contributed by atoms with Crippen molar-refractivity contribution in [2.75, 3.05) is 12.3 Å². The number of hydrogen-bond acceptors (Lipinski definition) is 3. The van der Waals surface area contributed by atoms with E-state index in [2.05, 4.69) is 91.0 Å². The molecule has 0 radical (unpaired) electrons. The van der Waals surface area contributed by atoms with Crippen LogP contribution in [0.1, 0.15) is 0 Å². The number of nitrogens with zero attached hydrogens (tertiary/aromatic N) is 1. The normalized spacial score (nSPS) is 14.3. The van der Waals surface area contributed by atoms with Gasteiger partial charge in [-0.2, -0.15) is 0 Å². The molecule has 0 aromatic heterocycles. The first-order chi connectivity index (χ1) is 12.4. The van der Waals surface area contributed by atoms with Gasteiger partial charge in [0, 0.05) is 5.75 Å². The van der Waals surface area contributed by atoms with Gasteiger partial charge in [0.05, 0.1) is 17.9 Å². The van der Waals surface area contributed by atoms with Gasteiger partial charge < -0.3 is 0 Å². The molecule has 0 atom stereocenters. The third-order valence-electron chi connectivity index (χ3n) is 4.13. The Labute approximate surface area is 158 Å². The Balaban J connectivity index is 1.97. The zero-order valence-electron chi connectivity index (χ0n) is 13.8. The van der Waals surface area contributed by atoms with Gasteiger partial charge in [0.15, 0.2) is 10.8 Å². The predicted octanol–water partition coefficient (Wildman–Crippen LogP) is 4.73. The second-order valence-electron chi connectivity index (χ2n) is 5.70. The number of thioether (sulfide) groups is 1. The molecule has 0 amide bonds. The van der Waals surface area contributed by atoms with Crippen LogP contribution in [0, 0.1) is 0 Å². The van der Waals surface area contributed by atoms with Crippen molar-refractivity contribution in [3.05, 3.63) is 91.0 Å². The molecule has 0 unspecified atom stereocenters. The van der Waals surface area contributed by atoms with Crippen LogP contribution in [-0.4, -0.2) is 16.7 Å². The summed E-state index contributed by atoms with van der Waals surface area (Å²) in [5.41, 5.74) is 0. The minimum atomic E-state index is -1.84. The first-order valence-corrected chi connectivity index (χ1v) is 12.5. The van der Waals surface area contributed by atoms with Crippen molar-refractivity contribution in [2.24, 2.45) is 4.99 Å². The van der Waals surface area contributed by atoms with Crippen molar-refractivity contribution in [2.45, 2.75) is 0 Å². The van der Waals surface area contributed by atoms with Crippen LogP contribution in [0.15, 0.2) is 96.0 Å². The van der Waals surface area contributed by atoms with Crippen molar-refractivity contribution < 1.29 is 0 Å². The standard InChI is InChI=1S/C21H19NPS2/c1-4-10-18(11-5-1)23(19-12-6-2-7-13-19,20-14-8-3-9-15-20)25-21-22-16-17-24-21/h1-15H,16-17H2/q+1. The van der Waals surface area contributed by atoms with Gasteiger partial charge in [0.25, 0.3) is 0 Å². The van der Waals surface area contributed by atoms with Crippen molar-refractivity contribution in [1.29, 1.82) is 0 Å². The Kier molecular flexibility index (Phi) is 5.26. The molecule has 4 rings (SSSR count). The van der Waals surface area contributed by atoms with Gasteiger partial charge in [-0.3, -0.25) is 4.99 Å². The zero-order valence-corrected chi connectivity index (χ0v) is 16.3. The summed E-state index contributed by atoms with van der Waals surface area (Å²) < 4.78 is 1.23. The van der Waals surface area contributed by atoms with E-state index >= 15 is 0 Å². The number of aliphatic imine (C=N–C) groups is 1. The summed E-state index contributed by atoms with van der Waals surface area (Å²) in [6.45, 7) is -0.902. The molecule has 0 fully saturated rings. The third-order valence-corrected chi connectivity index (χ3v) is 12.7. The fourth-order valence-corrected chi connectivity index (χ4v) is 11.8. The van der Waals surface area contributed by atoms with Crippen molar-refractivity contribution >= 4 is 49.9 Å². The van der Waals surface area contributed by atoms with E-state index in [0.717, 1.165) is 12.3 Å². The predicted molar refractivity (Wildman–Crippen MR) is 117 cm³/mol. The number of hydrogen-bond donors (Lipinski definition) is 0. The summed E-state index contributed by atoms with van der Waals surface area (Å²) >= 11 is 3.88. The highest BCUT2D eigenvalue weighted by Gasteiger charge is 2.49. The maximum Gasteiger partial charge on any atom is 0.178 e. The molecule has 0 bridgehead atoms. The van der Waals surface area contributed by atoms with E-state index in [1.54, 1.807) is 0 Å². The fraction of sp³-hybridized carbons (Fsp3) is 0.0952. The molecule has 0 aliphatic carbocycles. The van der Waals surface area contributed by atoms with Crippen LogP contribution >= 0.6 is 29.6 Å². The Morgan fingerprint density at radius 1 is 0.680 bits per heavy atom. The van der Waals surface area contributed by atoms with Gasteiger partial charge in [-0.15, -0.1) is 0 Å².